The maximum absolute atomic E-state index is 9.38. The number of nitrogens with zero attached hydrogens (tertiary/aromatic N) is 4. The molecule has 3 rings (SSSR count). The summed E-state index contributed by atoms with van der Waals surface area (Å²) in [5.74, 6) is 0.827. The molecule has 6 nitrogen and oxygen atoms in total. The van der Waals surface area contributed by atoms with E-state index in [0.29, 0.717) is 6.04 Å². The first kappa shape index (κ1) is 20.2. The number of guanidine groups is 1. The first-order valence-corrected chi connectivity index (χ1v) is 10.7. The van der Waals surface area contributed by atoms with Crippen LogP contribution in [-0.4, -0.2) is 43.7 Å². The molecule has 1 saturated heterocycles. The summed E-state index contributed by atoms with van der Waals surface area (Å²) in [4.78, 5) is 12.5. The third-order valence-corrected chi connectivity index (χ3v) is 6.13. The van der Waals surface area contributed by atoms with Crippen molar-refractivity contribution in [2.45, 2.75) is 38.6 Å². The standard InChI is InChI=1S/C21H28N6S/c1-3-18-14-25-20(28-18)10-11-24-21(23-2)26-17-8-6-12-27(15-17)19-9-5-4-7-16(19)13-22/h4-5,7,9,14,17H,3,6,8,10-12,15H2,1-2H3,(H2,23,24,26). The van der Waals surface area contributed by atoms with Crippen molar-refractivity contribution < 1.29 is 0 Å². The molecule has 2 heterocycles. The largest absolute Gasteiger partial charge is 0.368 e. The number of thiazole rings is 1. The number of aromatic nitrogens is 1. The summed E-state index contributed by atoms with van der Waals surface area (Å²) >= 11 is 1.78. The Hall–Kier alpha value is -2.59. The van der Waals surface area contributed by atoms with E-state index >= 15 is 0 Å². The smallest absolute Gasteiger partial charge is 0.191 e. The van der Waals surface area contributed by atoms with Crippen molar-refractivity contribution in [1.29, 1.82) is 5.26 Å². The van der Waals surface area contributed by atoms with E-state index in [4.69, 9.17) is 0 Å². The zero-order valence-corrected chi connectivity index (χ0v) is 17.4. The van der Waals surface area contributed by atoms with E-state index in [1.165, 1.54) is 4.88 Å². The summed E-state index contributed by atoms with van der Waals surface area (Å²) in [5, 5.41) is 17.5. The van der Waals surface area contributed by atoms with Crippen LogP contribution in [0.4, 0.5) is 5.69 Å². The van der Waals surface area contributed by atoms with Crippen LogP contribution in [-0.2, 0) is 12.8 Å². The molecule has 1 atom stereocenters. The fourth-order valence-corrected chi connectivity index (χ4v) is 4.32. The lowest BCUT2D eigenvalue weighted by molar-refractivity contribution is 0.468. The normalized spacial score (nSPS) is 17.2. The van der Waals surface area contributed by atoms with Crippen molar-refractivity contribution in [2.75, 3.05) is 31.6 Å². The SMILES string of the molecule is CCc1cnc(CCNC(=NC)NC2CCCN(c3ccccc3C#N)C2)s1. The van der Waals surface area contributed by atoms with Crippen molar-refractivity contribution in [3.05, 3.63) is 45.9 Å². The average Bonchev–Trinajstić information content (AvgIpc) is 3.21. The van der Waals surface area contributed by atoms with Crippen LogP contribution >= 0.6 is 11.3 Å². The number of nitrogens with one attached hydrogen (secondary N) is 2. The van der Waals surface area contributed by atoms with Gasteiger partial charge in [-0.05, 0) is 31.4 Å². The molecule has 0 bridgehead atoms. The van der Waals surface area contributed by atoms with Gasteiger partial charge in [0.05, 0.1) is 16.3 Å². The highest BCUT2D eigenvalue weighted by atomic mass is 32.1. The molecule has 2 N–H and O–H groups in total. The van der Waals surface area contributed by atoms with Gasteiger partial charge in [0, 0.05) is 50.2 Å². The molecule has 1 aliphatic heterocycles. The zero-order valence-electron chi connectivity index (χ0n) is 16.6. The third kappa shape index (κ3) is 5.23. The Balaban J connectivity index is 1.52. The molecule has 1 aromatic heterocycles. The number of hydrogen-bond acceptors (Lipinski definition) is 5. The zero-order chi connectivity index (χ0) is 19.8. The highest BCUT2D eigenvalue weighted by Gasteiger charge is 2.22. The van der Waals surface area contributed by atoms with Crippen LogP contribution in [0.5, 0.6) is 0 Å². The van der Waals surface area contributed by atoms with Crippen LogP contribution in [0.25, 0.3) is 0 Å². The lowest BCUT2D eigenvalue weighted by atomic mass is 10.0. The van der Waals surface area contributed by atoms with E-state index in [1.54, 1.807) is 18.4 Å². The minimum atomic E-state index is 0.304. The first-order chi connectivity index (χ1) is 13.7. The molecule has 0 amide bonds. The Bertz CT molecular complexity index is 837. The Labute approximate surface area is 171 Å². The fourth-order valence-electron chi connectivity index (χ4n) is 3.46. The summed E-state index contributed by atoms with van der Waals surface area (Å²) in [6.07, 6.45) is 6.10. The first-order valence-electron chi connectivity index (χ1n) is 9.88. The minimum absolute atomic E-state index is 0.304. The van der Waals surface area contributed by atoms with Crippen molar-refractivity contribution in [3.8, 4) is 6.07 Å². The van der Waals surface area contributed by atoms with E-state index in [-0.39, 0.29) is 0 Å². The van der Waals surface area contributed by atoms with Gasteiger partial charge in [-0.15, -0.1) is 11.3 Å². The summed E-state index contributed by atoms with van der Waals surface area (Å²) < 4.78 is 0. The van der Waals surface area contributed by atoms with E-state index in [2.05, 4.69) is 38.5 Å². The topological polar surface area (TPSA) is 76.3 Å². The molecular weight excluding hydrogens is 368 g/mol. The molecule has 1 fully saturated rings. The number of nitriles is 1. The second kappa shape index (κ2) is 10.1. The second-order valence-corrected chi connectivity index (χ2v) is 8.08. The summed E-state index contributed by atoms with van der Waals surface area (Å²) in [6, 6.07) is 10.4. The van der Waals surface area contributed by atoms with Gasteiger partial charge in [0.2, 0.25) is 0 Å². The number of rotatable bonds is 6. The molecule has 0 radical (unpaired) electrons. The molecule has 1 aliphatic rings. The third-order valence-electron chi connectivity index (χ3n) is 4.93. The predicted molar refractivity (Wildman–Crippen MR) is 116 cm³/mol. The van der Waals surface area contributed by atoms with Gasteiger partial charge in [0.15, 0.2) is 5.96 Å². The lowest BCUT2D eigenvalue weighted by Gasteiger charge is -2.35. The highest BCUT2D eigenvalue weighted by molar-refractivity contribution is 7.11. The monoisotopic (exact) mass is 396 g/mol. The predicted octanol–water partition coefficient (Wildman–Crippen LogP) is 2.95. The number of aryl methyl sites for hydroxylation is 1. The van der Waals surface area contributed by atoms with Gasteiger partial charge < -0.3 is 15.5 Å². The summed E-state index contributed by atoms with van der Waals surface area (Å²) in [6.45, 7) is 4.81. The van der Waals surface area contributed by atoms with Crippen LogP contribution in [0, 0.1) is 11.3 Å². The van der Waals surface area contributed by atoms with Crippen LogP contribution in [0.2, 0.25) is 0 Å². The summed E-state index contributed by atoms with van der Waals surface area (Å²) in [7, 11) is 1.81. The molecule has 0 spiro atoms. The minimum Gasteiger partial charge on any atom is -0.368 e. The van der Waals surface area contributed by atoms with Gasteiger partial charge in [-0.3, -0.25) is 4.99 Å². The molecule has 148 valence electrons. The number of para-hydroxylation sites is 1. The molecule has 0 aliphatic carbocycles. The molecule has 2 aromatic rings. The quantitative estimate of drug-likeness (QED) is 0.580. The molecule has 1 unspecified atom stereocenters. The highest BCUT2D eigenvalue weighted by Crippen LogP contribution is 2.23. The molecule has 0 saturated carbocycles. The Morgan fingerprint density at radius 1 is 1.43 bits per heavy atom. The maximum Gasteiger partial charge on any atom is 0.191 e. The summed E-state index contributed by atoms with van der Waals surface area (Å²) in [5.41, 5.74) is 1.76. The molecule has 1 aromatic carbocycles. The van der Waals surface area contributed by atoms with Crippen LogP contribution in [0.15, 0.2) is 35.5 Å². The second-order valence-electron chi connectivity index (χ2n) is 6.88. The van der Waals surface area contributed by atoms with Gasteiger partial charge >= 0.3 is 0 Å². The molecular formula is C21H28N6S. The van der Waals surface area contributed by atoms with Crippen LogP contribution < -0.4 is 15.5 Å². The Morgan fingerprint density at radius 3 is 3.04 bits per heavy atom. The van der Waals surface area contributed by atoms with Gasteiger partial charge in [-0.1, -0.05) is 19.1 Å². The van der Waals surface area contributed by atoms with Crippen molar-refractivity contribution in [3.63, 3.8) is 0 Å². The number of anilines is 1. The van der Waals surface area contributed by atoms with Crippen molar-refractivity contribution in [1.82, 2.24) is 15.6 Å². The lowest BCUT2D eigenvalue weighted by Crippen LogP contribution is -2.51. The van der Waals surface area contributed by atoms with E-state index in [0.717, 1.165) is 67.5 Å². The number of hydrogen-bond donors (Lipinski definition) is 2. The van der Waals surface area contributed by atoms with Gasteiger partial charge in [-0.25, -0.2) is 4.98 Å². The number of piperidine rings is 1. The Kier molecular flexibility index (Phi) is 7.26. The average molecular weight is 397 g/mol. The van der Waals surface area contributed by atoms with Crippen LogP contribution in [0.3, 0.4) is 0 Å². The van der Waals surface area contributed by atoms with E-state index in [9.17, 15) is 5.26 Å². The van der Waals surface area contributed by atoms with Gasteiger partial charge in [-0.2, -0.15) is 5.26 Å². The Morgan fingerprint density at radius 2 is 2.29 bits per heavy atom. The van der Waals surface area contributed by atoms with Gasteiger partial charge in [0.1, 0.15) is 6.07 Å². The van der Waals surface area contributed by atoms with Gasteiger partial charge in [0.25, 0.3) is 0 Å². The number of benzene rings is 1. The fraction of sp³-hybridized carbons (Fsp3) is 0.476. The molecule has 28 heavy (non-hydrogen) atoms. The maximum atomic E-state index is 9.38. The van der Waals surface area contributed by atoms with E-state index in [1.807, 2.05) is 30.5 Å². The van der Waals surface area contributed by atoms with Crippen molar-refractivity contribution >= 4 is 23.0 Å². The van der Waals surface area contributed by atoms with Crippen molar-refractivity contribution in [2.24, 2.45) is 4.99 Å². The molecule has 7 heteroatoms. The van der Waals surface area contributed by atoms with E-state index < -0.39 is 0 Å². The number of aliphatic imine (C=N–C) groups is 1. The van der Waals surface area contributed by atoms with Crippen LogP contribution in [0.1, 0.15) is 35.2 Å².